The number of nitrogens with zero attached hydrogens (tertiary/aromatic N) is 3. The van der Waals surface area contributed by atoms with Crippen molar-refractivity contribution in [2.45, 2.75) is 51.5 Å². The van der Waals surface area contributed by atoms with E-state index in [-0.39, 0.29) is 23.8 Å². The maximum Gasteiger partial charge on any atom is 0.412 e. The number of aromatic nitrogens is 2. The predicted molar refractivity (Wildman–Crippen MR) is 126 cm³/mol. The number of rotatable bonds is 8. The van der Waals surface area contributed by atoms with Crippen LogP contribution in [0.4, 0.5) is 10.5 Å². The van der Waals surface area contributed by atoms with Crippen molar-refractivity contribution < 1.29 is 22.8 Å². The zero-order valence-electron chi connectivity index (χ0n) is 19.5. The van der Waals surface area contributed by atoms with Crippen LogP contribution in [0.5, 0.6) is 0 Å². The van der Waals surface area contributed by atoms with Crippen molar-refractivity contribution in [3.63, 3.8) is 0 Å². The van der Waals surface area contributed by atoms with E-state index in [2.05, 4.69) is 20.2 Å². The summed E-state index contributed by atoms with van der Waals surface area (Å²) in [6, 6.07) is 6.63. The van der Waals surface area contributed by atoms with Gasteiger partial charge in [0.2, 0.25) is 10.0 Å². The van der Waals surface area contributed by atoms with Gasteiger partial charge in [-0.15, -0.1) is 0 Å². The van der Waals surface area contributed by atoms with Crippen LogP contribution >= 0.6 is 0 Å². The van der Waals surface area contributed by atoms with Crippen molar-refractivity contribution in [2.24, 2.45) is 5.92 Å². The molecule has 1 aromatic heterocycles. The molecule has 10 nitrogen and oxygen atoms in total. The van der Waals surface area contributed by atoms with Crippen molar-refractivity contribution in [2.75, 3.05) is 30.8 Å². The van der Waals surface area contributed by atoms with Crippen LogP contribution in [0.3, 0.4) is 0 Å². The smallest absolute Gasteiger partial charge is 0.412 e. The fourth-order valence-corrected chi connectivity index (χ4v) is 4.61. The molecule has 1 amide bonds. The van der Waals surface area contributed by atoms with Gasteiger partial charge in [-0.2, -0.15) is 4.98 Å². The van der Waals surface area contributed by atoms with E-state index in [4.69, 9.17) is 4.52 Å². The fourth-order valence-electron chi connectivity index (χ4n) is 4.12. The Hall–Kier alpha value is -2.50. The number of anilines is 1. The van der Waals surface area contributed by atoms with Gasteiger partial charge in [0, 0.05) is 18.0 Å². The summed E-state index contributed by atoms with van der Waals surface area (Å²) in [5.74, 6) is 0.853. The van der Waals surface area contributed by atoms with Gasteiger partial charge < -0.3 is 14.9 Å². The molecule has 0 spiro atoms. The molecule has 2 aromatic rings. The van der Waals surface area contributed by atoms with E-state index in [1.54, 1.807) is 24.3 Å². The fraction of sp³-hybridized carbons (Fsp3) is 0.591. The molecule has 182 valence electrons. The molecular formula is C22H33N5O5S. The second kappa shape index (κ2) is 10.2. The SMILES string of the molecule is CC(C)(C)c1noc(-c2ccccc2N(C(=O)O)C(CCNS(C)(=O)=O)C2CCNCC2)n1. The molecule has 0 aliphatic carbocycles. The number of para-hydroxylation sites is 1. The third-order valence-electron chi connectivity index (χ3n) is 5.76. The van der Waals surface area contributed by atoms with E-state index in [1.807, 2.05) is 20.8 Å². The lowest BCUT2D eigenvalue weighted by atomic mass is 9.86. The topological polar surface area (TPSA) is 138 Å². The van der Waals surface area contributed by atoms with Crippen LogP contribution in [0.2, 0.25) is 0 Å². The number of amides is 1. The predicted octanol–water partition coefficient (Wildman–Crippen LogP) is 2.83. The van der Waals surface area contributed by atoms with Crippen LogP contribution in [0.15, 0.2) is 28.8 Å². The van der Waals surface area contributed by atoms with E-state index in [0.29, 0.717) is 23.5 Å². The Morgan fingerprint density at radius 3 is 2.55 bits per heavy atom. The Morgan fingerprint density at radius 2 is 1.97 bits per heavy atom. The third-order valence-corrected chi connectivity index (χ3v) is 6.49. The highest BCUT2D eigenvalue weighted by Crippen LogP contribution is 2.36. The van der Waals surface area contributed by atoms with Gasteiger partial charge in [-0.1, -0.05) is 38.1 Å². The van der Waals surface area contributed by atoms with Crippen molar-refractivity contribution in [3.05, 3.63) is 30.1 Å². The van der Waals surface area contributed by atoms with Crippen molar-refractivity contribution in [1.82, 2.24) is 20.2 Å². The van der Waals surface area contributed by atoms with Gasteiger partial charge in [-0.05, 0) is 50.4 Å². The van der Waals surface area contributed by atoms with Crippen LogP contribution in [0, 0.1) is 5.92 Å². The number of carboxylic acid groups (broad SMARTS) is 1. The molecule has 11 heteroatoms. The first-order valence-corrected chi connectivity index (χ1v) is 13.0. The molecule has 1 aliphatic rings. The second-order valence-electron chi connectivity index (χ2n) is 9.45. The Bertz CT molecular complexity index is 1060. The van der Waals surface area contributed by atoms with Crippen molar-refractivity contribution in [1.29, 1.82) is 0 Å². The lowest BCUT2D eigenvalue weighted by Gasteiger charge is -2.38. The number of nitrogens with one attached hydrogen (secondary N) is 2. The van der Waals surface area contributed by atoms with E-state index in [1.165, 1.54) is 4.90 Å². The molecule has 1 unspecified atom stereocenters. The van der Waals surface area contributed by atoms with E-state index in [0.717, 1.165) is 32.2 Å². The first kappa shape index (κ1) is 25.1. The minimum Gasteiger partial charge on any atom is -0.465 e. The minimum absolute atomic E-state index is 0.0737. The van der Waals surface area contributed by atoms with Gasteiger partial charge in [0.05, 0.1) is 17.5 Å². The highest BCUT2D eigenvalue weighted by atomic mass is 32.2. The Morgan fingerprint density at radius 1 is 1.30 bits per heavy atom. The quantitative estimate of drug-likeness (QED) is 0.525. The highest BCUT2D eigenvalue weighted by Gasteiger charge is 2.35. The summed E-state index contributed by atoms with van der Waals surface area (Å²) < 4.78 is 31.2. The molecule has 3 rings (SSSR count). The average Bonchev–Trinajstić information content (AvgIpc) is 3.23. The van der Waals surface area contributed by atoms with Crippen LogP contribution in [-0.2, 0) is 15.4 Å². The number of carbonyl (C=O) groups is 1. The molecule has 1 aromatic carbocycles. The molecule has 0 saturated carbocycles. The average molecular weight is 480 g/mol. The van der Waals surface area contributed by atoms with E-state index >= 15 is 0 Å². The summed E-state index contributed by atoms with van der Waals surface area (Å²) in [6.45, 7) is 7.63. The Labute approximate surface area is 194 Å². The molecule has 1 atom stereocenters. The van der Waals surface area contributed by atoms with Gasteiger partial charge in [-0.3, -0.25) is 4.90 Å². The second-order valence-corrected chi connectivity index (χ2v) is 11.3. The summed E-state index contributed by atoms with van der Waals surface area (Å²) in [5.41, 5.74) is 0.646. The van der Waals surface area contributed by atoms with Crippen molar-refractivity contribution >= 4 is 21.8 Å². The standard InChI is InChI=1S/C22H33N5O5S/c1-22(2,3)20-25-19(32-26-20)16-7-5-6-8-18(16)27(21(28)29)17(11-14-24-33(4,30)31)15-9-12-23-13-10-15/h5-8,15,17,23-24H,9-14H2,1-4H3,(H,28,29). The summed E-state index contributed by atoms with van der Waals surface area (Å²) in [7, 11) is -3.39. The number of sulfonamides is 1. The lowest BCUT2D eigenvalue weighted by Crippen LogP contribution is -2.48. The molecule has 3 N–H and O–H groups in total. The first-order valence-electron chi connectivity index (χ1n) is 11.1. The van der Waals surface area contributed by atoms with Gasteiger partial charge in [0.1, 0.15) is 0 Å². The molecule has 0 bridgehead atoms. The first-order chi connectivity index (χ1) is 15.5. The molecular weight excluding hydrogens is 446 g/mol. The van der Waals surface area contributed by atoms with Gasteiger partial charge in [0.25, 0.3) is 5.89 Å². The van der Waals surface area contributed by atoms with Crippen LogP contribution in [0.1, 0.15) is 45.9 Å². The third kappa shape index (κ3) is 6.52. The van der Waals surface area contributed by atoms with Crippen LogP contribution in [0.25, 0.3) is 11.5 Å². The highest BCUT2D eigenvalue weighted by molar-refractivity contribution is 7.88. The molecule has 1 saturated heterocycles. The Kier molecular flexibility index (Phi) is 7.76. The molecule has 1 aliphatic heterocycles. The van der Waals surface area contributed by atoms with E-state index < -0.39 is 22.2 Å². The van der Waals surface area contributed by atoms with Crippen LogP contribution < -0.4 is 14.9 Å². The summed E-state index contributed by atoms with van der Waals surface area (Å²) >= 11 is 0. The largest absolute Gasteiger partial charge is 0.465 e. The zero-order chi connectivity index (χ0) is 24.2. The molecule has 2 heterocycles. The summed E-state index contributed by atoms with van der Waals surface area (Å²) in [4.78, 5) is 18.5. The van der Waals surface area contributed by atoms with Crippen molar-refractivity contribution in [3.8, 4) is 11.5 Å². The van der Waals surface area contributed by atoms with E-state index in [9.17, 15) is 18.3 Å². The molecule has 33 heavy (non-hydrogen) atoms. The molecule has 1 fully saturated rings. The molecule has 0 radical (unpaired) electrons. The monoisotopic (exact) mass is 479 g/mol. The number of hydrogen-bond acceptors (Lipinski definition) is 7. The maximum absolute atomic E-state index is 12.6. The maximum atomic E-state index is 12.6. The number of piperidine rings is 1. The van der Waals surface area contributed by atoms with Crippen LogP contribution in [-0.4, -0.2) is 61.7 Å². The Balaban J connectivity index is 2.01. The lowest BCUT2D eigenvalue weighted by molar-refractivity contribution is 0.191. The summed E-state index contributed by atoms with van der Waals surface area (Å²) in [6.07, 6.45) is 1.92. The summed E-state index contributed by atoms with van der Waals surface area (Å²) in [5, 5.41) is 17.7. The minimum atomic E-state index is -3.39. The number of benzene rings is 1. The van der Waals surface area contributed by atoms with Gasteiger partial charge >= 0.3 is 6.09 Å². The normalized spacial score (nSPS) is 16.5. The van der Waals surface area contributed by atoms with Gasteiger partial charge in [-0.25, -0.2) is 17.9 Å². The zero-order valence-corrected chi connectivity index (χ0v) is 20.4. The number of hydrogen-bond donors (Lipinski definition) is 3. The van der Waals surface area contributed by atoms with Gasteiger partial charge in [0.15, 0.2) is 5.82 Å².